The molecule has 1 heterocycles. The van der Waals surface area contributed by atoms with Crippen LogP contribution in [-0.4, -0.2) is 36.5 Å². The summed E-state index contributed by atoms with van der Waals surface area (Å²) in [6.45, 7) is 0.360. The van der Waals surface area contributed by atoms with Crippen molar-refractivity contribution < 1.29 is 14.3 Å². The van der Waals surface area contributed by atoms with Crippen LogP contribution < -0.4 is 0 Å². The first kappa shape index (κ1) is 8.53. The quantitative estimate of drug-likeness (QED) is 0.436. The number of hydrogen-bond acceptors (Lipinski definition) is 4. The van der Waals surface area contributed by atoms with Crippen LogP contribution >= 0.6 is 0 Å². The molecular formula is C7H8N2O3. The fraction of sp³-hybridized carbons (Fsp3) is 0.571. The lowest BCUT2D eigenvalue weighted by molar-refractivity contribution is -0.109. The van der Waals surface area contributed by atoms with E-state index in [4.69, 9.17) is 10.00 Å². The molecule has 12 heavy (non-hydrogen) atoms. The predicted octanol–water partition coefficient (Wildman–Crippen LogP) is -0.0802. The van der Waals surface area contributed by atoms with E-state index in [1.165, 1.54) is 4.90 Å². The second-order valence-electron chi connectivity index (χ2n) is 2.45. The summed E-state index contributed by atoms with van der Waals surface area (Å²) in [6.07, 6.45) is 0.0216. The minimum Gasteiger partial charge on any atom is -0.444 e. The lowest BCUT2D eigenvalue weighted by atomic mass is 10.3. The maximum absolute atomic E-state index is 10.9. The van der Waals surface area contributed by atoms with Gasteiger partial charge in [0.1, 0.15) is 18.9 Å². The van der Waals surface area contributed by atoms with Gasteiger partial charge in [-0.15, -0.1) is 0 Å². The van der Waals surface area contributed by atoms with Gasteiger partial charge in [0.25, 0.3) is 0 Å². The number of nitriles is 1. The second kappa shape index (κ2) is 3.72. The van der Waals surface area contributed by atoms with Crippen LogP contribution in [0.2, 0.25) is 0 Å². The van der Waals surface area contributed by atoms with E-state index in [1.807, 2.05) is 6.07 Å². The van der Waals surface area contributed by atoms with Crippen molar-refractivity contribution in [3.63, 3.8) is 0 Å². The van der Waals surface area contributed by atoms with Gasteiger partial charge in [-0.1, -0.05) is 0 Å². The van der Waals surface area contributed by atoms with Crippen LogP contribution in [-0.2, 0) is 9.53 Å². The average Bonchev–Trinajstić information content (AvgIpc) is 2.34. The SMILES string of the molecule is N#CCN1C[C@@H](CC=O)OC1=O. The zero-order valence-corrected chi connectivity index (χ0v) is 6.40. The highest BCUT2D eigenvalue weighted by Crippen LogP contribution is 2.11. The Hall–Kier alpha value is -1.57. The van der Waals surface area contributed by atoms with Gasteiger partial charge in [-0.2, -0.15) is 5.26 Å². The Labute approximate surface area is 69.5 Å². The molecule has 64 valence electrons. The molecule has 1 saturated heterocycles. The van der Waals surface area contributed by atoms with Crippen molar-refractivity contribution in [1.82, 2.24) is 4.90 Å². The summed E-state index contributed by atoms with van der Waals surface area (Å²) in [4.78, 5) is 22.2. The Morgan fingerprint density at radius 3 is 3.17 bits per heavy atom. The molecule has 1 rings (SSSR count). The van der Waals surface area contributed by atoms with E-state index < -0.39 is 6.09 Å². The van der Waals surface area contributed by atoms with Gasteiger partial charge >= 0.3 is 6.09 Å². The Bertz CT molecular complexity index is 233. The number of cyclic esters (lactones) is 1. The summed E-state index contributed by atoms with van der Waals surface area (Å²) in [5.41, 5.74) is 0. The van der Waals surface area contributed by atoms with Gasteiger partial charge in [-0.05, 0) is 0 Å². The summed E-state index contributed by atoms with van der Waals surface area (Å²) in [7, 11) is 0. The first-order chi connectivity index (χ1) is 5.77. The molecule has 5 heteroatoms. The number of carbonyl (C=O) groups excluding carboxylic acids is 2. The largest absolute Gasteiger partial charge is 0.444 e. The van der Waals surface area contributed by atoms with Gasteiger partial charge < -0.3 is 9.53 Å². The molecule has 1 amide bonds. The average molecular weight is 168 g/mol. The lowest BCUT2D eigenvalue weighted by Crippen LogP contribution is -2.25. The topological polar surface area (TPSA) is 70.4 Å². The monoisotopic (exact) mass is 168 g/mol. The Morgan fingerprint density at radius 1 is 1.83 bits per heavy atom. The highest BCUT2D eigenvalue weighted by molar-refractivity contribution is 5.70. The summed E-state index contributed by atoms with van der Waals surface area (Å²) in [6, 6.07) is 1.84. The van der Waals surface area contributed by atoms with E-state index >= 15 is 0 Å². The third-order valence-electron chi connectivity index (χ3n) is 1.57. The molecule has 0 aromatic rings. The summed E-state index contributed by atoms with van der Waals surface area (Å²) in [5, 5.41) is 8.29. The molecule has 0 spiro atoms. The molecule has 1 aliphatic rings. The van der Waals surface area contributed by atoms with Gasteiger partial charge in [-0.3, -0.25) is 4.90 Å². The summed E-state index contributed by atoms with van der Waals surface area (Å²) >= 11 is 0. The molecule has 0 aromatic carbocycles. The van der Waals surface area contributed by atoms with Gasteiger partial charge in [0.05, 0.1) is 12.6 Å². The fourth-order valence-corrected chi connectivity index (χ4v) is 1.02. The van der Waals surface area contributed by atoms with Crippen molar-refractivity contribution in [2.75, 3.05) is 13.1 Å². The second-order valence-corrected chi connectivity index (χ2v) is 2.45. The van der Waals surface area contributed by atoms with Crippen molar-refractivity contribution in [3.8, 4) is 6.07 Å². The fourth-order valence-electron chi connectivity index (χ4n) is 1.02. The van der Waals surface area contributed by atoms with Gasteiger partial charge in [-0.25, -0.2) is 4.79 Å². The first-order valence-corrected chi connectivity index (χ1v) is 3.54. The van der Waals surface area contributed by atoms with Crippen LogP contribution in [0.15, 0.2) is 0 Å². The predicted molar refractivity (Wildman–Crippen MR) is 38.1 cm³/mol. The minimum atomic E-state index is -0.511. The standard InChI is InChI=1S/C7H8N2O3/c8-2-3-9-5-6(1-4-10)12-7(9)11/h4,6H,1,3,5H2/t6-/m1/s1. The number of ether oxygens (including phenoxy) is 1. The van der Waals surface area contributed by atoms with Crippen molar-refractivity contribution in [2.45, 2.75) is 12.5 Å². The molecule has 1 fully saturated rings. The Balaban J connectivity index is 2.45. The van der Waals surface area contributed by atoms with Crippen molar-refractivity contribution in [1.29, 1.82) is 5.26 Å². The molecule has 5 nitrogen and oxygen atoms in total. The normalized spacial score (nSPS) is 21.8. The van der Waals surface area contributed by atoms with E-state index in [9.17, 15) is 9.59 Å². The number of carbonyl (C=O) groups is 2. The Morgan fingerprint density at radius 2 is 2.58 bits per heavy atom. The third-order valence-corrected chi connectivity index (χ3v) is 1.57. The van der Waals surface area contributed by atoms with Crippen molar-refractivity contribution in [3.05, 3.63) is 0 Å². The van der Waals surface area contributed by atoms with Gasteiger partial charge in [0.2, 0.25) is 0 Å². The number of amides is 1. The molecule has 0 unspecified atom stereocenters. The maximum Gasteiger partial charge on any atom is 0.411 e. The van der Waals surface area contributed by atoms with Crippen molar-refractivity contribution >= 4 is 12.4 Å². The van der Waals surface area contributed by atoms with Gasteiger partial charge in [0.15, 0.2) is 0 Å². The highest BCUT2D eigenvalue weighted by atomic mass is 16.6. The third kappa shape index (κ3) is 1.72. The Kier molecular flexibility index (Phi) is 2.64. The van der Waals surface area contributed by atoms with Crippen LogP contribution in [0, 0.1) is 11.3 Å². The zero-order chi connectivity index (χ0) is 8.97. The van der Waals surface area contributed by atoms with Crippen LogP contribution in [0.1, 0.15) is 6.42 Å². The molecule has 0 saturated carbocycles. The van der Waals surface area contributed by atoms with E-state index in [0.29, 0.717) is 12.8 Å². The first-order valence-electron chi connectivity index (χ1n) is 3.54. The molecule has 0 N–H and O–H groups in total. The molecule has 0 radical (unpaired) electrons. The van der Waals surface area contributed by atoms with E-state index in [2.05, 4.69) is 0 Å². The van der Waals surface area contributed by atoms with Gasteiger partial charge in [0, 0.05) is 6.42 Å². The summed E-state index contributed by atoms with van der Waals surface area (Å²) < 4.78 is 4.77. The zero-order valence-electron chi connectivity index (χ0n) is 6.40. The maximum atomic E-state index is 10.9. The summed E-state index contributed by atoms with van der Waals surface area (Å²) in [5.74, 6) is 0. The highest BCUT2D eigenvalue weighted by Gasteiger charge is 2.30. The number of aldehydes is 1. The molecule has 1 aliphatic heterocycles. The van der Waals surface area contributed by atoms with E-state index in [1.54, 1.807) is 0 Å². The smallest absolute Gasteiger partial charge is 0.411 e. The molecule has 0 aromatic heterocycles. The minimum absolute atomic E-state index is 0.0220. The molecule has 0 aliphatic carbocycles. The lowest BCUT2D eigenvalue weighted by Gasteiger charge is -2.04. The number of hydrogen-bond donors (Lipinski definition) is 0. The van der Waals surface area contributed by atoms with E-state index in [0.717, 1.165) is 0 Å². The number of rotatable bonds is 3. The molecule has 0 bridgehead atoms. The van der Waals surface area contributed by atoms with Crippen LogP contribution in [0.4, 0.5) is 4.79 Å². The van der Waals surface area contributed by atoms with Crippen LogP contribution in [0.25, 0.3) is 0 Å². The van der Waals surface area contributed by atoms with Crippen LogP contribution in [0.5, 0.6) is 0 Å². The van der Waals surface area contributed by atoms with E-state index in [-0.39, 0.29) is 19.1 Å². The van der Waals surface area contributed by atoms with Crippen LogP contribution in [0.3, 0.4) is 0 Å². The molecule has 1 atom stereocenters. The molecular weight excluding hydrogens is 160 g/mol. The number of nitrogens with zero attached hydrogens (tertiary/aromatic N) is 2. The van der Waals surface area contributed by atoms with Crippen molar-refractivity contribution in [2.24, 2.45) is 0 Å².